The third-order valence-electron chi connectivity index (χ3n) is 3.91. The lowest BCUT2D eigenvalue weighted by atomic mass is 10.2. The third kappa shape index (κ3) is 3.15. The molecule has 1 aromatic heterocycles. The second kappa shape index (κ2) is 6.29. The molecule has 0 saturated carbocycles. The Balaban J connectivity index is 1.63. The monoisotopic (exact) mass is 296 g/mol. The van der Waals surface area contributed by atoms with Gasteiger partial charge in [0.15, 0.2) is 0 Å². The van der Waals surface area contributed by atoms with Gasteiger partial charge in [-0.05, 0) is 30.8 Å². The van der Waals surface area contributed by atoms with Gasteiger partial charge in [0.1, 0.15) is 0 Å². The van der Waals surface area contributed by atoms with Crippen LogP contribution >= 0.6 is 23.1 Å². The lowest BCUT2D eigenvalue weighted by Crippen LogP contribution is -2.48. The lowest BCUT2D eigenvalue weighted by molar-refractivity contribution is -0.135. The molecule has 0 bridgehead atoms. The first-order valence-electron chi connectivity index (χ1n) is 6.97. The molecule has 0 spiro atoms. The van der Waals surface area contributed by atoms with Gasteiger partial charge in [-0.15, -0.1) is 11.3 Å². The van der Waals surface area contributed by atoms with E-state index in [0.29, 0.717) is 5.91 Å². The minimum absolute atomic E-state index is 0.130. The van der Waals surface area contributed by atoms with Crippen molar-refractivity contribution in [2.75, 3.05) is 31.1 Å². The largest absolute Gasteiger partial charge is 0.340 e. The summed E-state index contributed by atoms with van der Waals surface area (Å²) in [5.74, 6) is 2.57. The Kier molecular flexibility index (Phi) is 4.45. The molecule has 3 rings (SSSR count). The highest BCUT2D eigenvalue weighted by Gasteiger charge is 2.34. The average Bonchev–Trinajstić information content (AvgIpc) is 3.11. The van der Waals surface area contributed by atoms with Gasteiger partial charge in [0.2, 0.25) is 5.91 Å². The Morgan fingerprint density at radius 3 is 2.89 bits per heavy atom. The molecule has 19 heavy (non-hydrogen) atoms. The molecule has 2 saturated heterocycles. The summed E-state index contributed by atoms with van der Waals surface area (Å²) in [4.78, 5) is 18.4. The molecule has 3 nitrogen and oxygen atoms in total. The highest BCUT2D eigenvalue weighted by atomic mass is 32.2. The number of nitrogens with zero attached hydrogens (tertiary/aromatic N) is 2. The molecular formula is C14H20N2OS2. The van der Waals surface area contributed by atoms with Crippen molar-refractivity contribution < 1.29 is 4.79 Å². The van der Waals surface area contributed by atoms with E-state index >= 15 is 0 Å². The number of carbonyl (C=O) groups excluding carboxylic acids is 1. The summed E-state index contributed by atoms with van der Waals surface area (Å²) in [5.41, 5.74) is 0. The number of hydrogen-bond donors (Lipinski definition) is 0. The minimum Gasteiger partial charge on any atom is -0.340 e. The number of hydrogen-bond acceptors (Lipinski definition) is 4. The van der Waals surface area contributed by atoms with Crippen molar-refractivity contribution in [2.24, 2.45) is 0 Å². The van der Waals surface area contributed by atoms with Crippen LogP contribution in [-0.4, -0.2) is 52.9 Å². The van der Waals surface area contributed by atoms with Crippen LogP contribution in [0.5, 0.6) is 0 Å². The molecule has 1 amide bonds. The smallest absolute Gasteiger partial charge is 0.239 e. The van der Waals surface area contributed by atoms with Crippen molar-refractivity contribution in [3.8, 4) is 0 Å². The Labute approximate surface area is 123 Å². The van der Waals surface area contributed by atoms with E-state index in [2.05, 4.69) is 27.3 Å². The van der Waals surface area contributed by atoms with Crippen LogP contribution in [0.4, 0.5) is 0 Å². The lowest BCUT2D eigenvalue weighted by Gasteiger charge is -2.32. The van der Waals surface area contributed by atoms with Crippen LogP contribution in [-0.2, 0) is 11.3 Å². The van der Waals surface area contributed by atoms with Gasteiger partial charge in [-0.2, -0.15) is 11.8 Å². The van der Waals surface area contributed by atoms with Gasteiger partial charge in [-0.3, -0.25) is 9.69 Å². The van der Waals surface area contributed by atoms with E-state index in [4.69, 9.17) is 0 Å². The standard InChI is InChI=1S/C14H20N2OS2/c17-14(15-6-9-18-10-7-15)13-4-1-5-16(13)11-12-3-2-8-19-12/h2-3,8,13H,1,4-7,9-11H2/t13-/m1/s1. The summed E-state index contributed by atoms with van der Waals surface area (Å²) in [6, 6.07) is 4.39. The van der Waals surface area contributed by atoms with E-state index in [1.165, 1.54) is 4.88 Å². The normalized spacial score (nSPS) is 24.8. The second-order valence-electron chi connectivity index (χ2n) is 5.15. The quantitative estimate of drug-likeness (QED) is 0.855. The number of likely N-dealkylation sites (tertiary alicyclic amines) is 1. The highest BCUT2D eigenvalue weighted by Crippen LogP contribution is 2.24. The van der Waals surface area contributed by atoms with E-state index in [1.807, 2.05) is 11.8 Å². The molecule has 1 atom stereocenters. The van der Waals surface area contributed by atoms with E-state index in [0.717, 1.165) is 50.5 Å². The maximum Gasteiger partial charge on any atom is 0.239 e. The zero-order valence-corrected chi connectivity index (χ0v) is 12.7. The Bertz CT molecular complexity index is 415. The molecule has 0 aromatic carbocycles. The molecule has 0 unspecified atom stereocenters. The molecule has 104 valence electrons. The molecule has 0 radical (unpaired) electrons. The zero-order valence-electron chi connectivity index (χ0n) is 11.1. The molecule has 2 fully saturated rings. The molecule has 1 aromatic rings. The fourth-order valence-corrected chi connectivity index (χ4v) is 4.52. The maximum atomic E-state index is 12.6. The van der Waals surface area contributed by atoms with Crippen LogP contribution in [0.2, 0.25) is 0 Å². The Morgan fingerprint density at radius 2 is 2.16 bits per heavy atom. The van der Waals surface area contributed by atoms with Gasteiger partial charge >= 0.3 is 0 Å². The van der Waals surface area contributed by atoms with Gasteiger partial charge in [0, 0.05) is 36.0 Å². The van der Waals surface area contributed by atoms with Crippen molar-refractivity contribution in [3.63, 3.8) is 0 Å². The summed E-state index contributed by atoms with van der Waals surface area (Å²) >= 11 is 3.75. The van der Waals surface area contributed by atoms with Crippen molar-refractivity contribution >= 4 is 29.0 Å². The van der Waals surface area contributed by atoms with Crippen molar-refractivity contribution in [3.05, 3.63) is 22.4 Å². The van der Waals surface area contributed by atoms with Gasteiger partial charge in [0.05, 0.1) is 6.04 Å². The van der Waals surface area contributed by atoms with Crippen LogP contribution in [0.15, 0.2) is 17.5 Å². The zero-order chi connectivity index (χ0) is 13.1. The number of rotatable bonds is 3. The summed E-state index contributed by atoms with van der Waals surface area (Å²) in [6.07, 6.45) is 2.19. The first-order valence-corrected chi connectivity index (χ1v) is 9.01. The van der Waals surface area contributed by atoms with E-state index in [-0.39, 0.29) is 6.04 Å². The predicted octanol–water partition coefficient (Wildman–Crippen LogP) is 2.29. The van der Waals surface area contributed by atoms with Gasteiger partial charge in [-0.25, -0.2) is 0 Å². The first kappa shape index (κ1) is 13.5. The van der Waals surface area contributed by atoms with Crippen molar-refractivity contribution in [1.29, 1.82) is 0 Å². The Hall–Kier alpha value is -0.520. The molecule has 3 heterocycles. The molecule has 0 N–H and O–H groups in total. The topological polar surface area (TPSA) is 23.6 Å². The number of thioether (sulfide) groups is 1. The minimum atomic E-state index is 0.130. The number of carbonyl (C=O) groups is 1. The Morgan fingerprint density at radius 1 is 1.32 bits per heavy atom. The van der Waals surface area contributed by atoms with E-state index in [1.54, 1.807) is 11.3 Å². The van der Waals surface area contributed by atoms with Crippen LogP contribution < -0.4 is 0 Å². The van der Waals surface area contributed by atoms with Crippen LogP contribution in [0.3, 0.4) is 0 Å². The summed E-state index contributed by atoms with van der Waals surface area (Å²) in [7, 11) is 0. The van der Waals surface area contributed by atoms with Gasteiger partial charge < -0.3 is 4.90 Å². The van der Waals surface area contributed by atoms with Crippen LogP contribution in [0, 0.1) is 0 Å². The van der Waals surface area contributed by atoms with E-state index < -0.39 is 0 Å². The third-order valence-corrected chi connectivity index (χ3v) is 5.71. The summed E-state index contributed by atoms with van der Waals surface area (Å²) < 4.78 is 0. The molecule has 2 aliphatic rings. The van der Waals surface area contributed by atoms with Crippen molar-refractivity contribution in [2.45, 2.75) is 25.4 Å². The van der Waals surface area contributed by atoms with Crippen LogP contribution in [0.1, 0.15) is 17.7 Å². The van der Waals surface area contributed by atoms with Crippen LogP contribution in [0.25, 0.3) is 0 Å². The predicted molar refractivity (Wildman–Crippen MR) is 81.7 cm³/mol. The molecule has 0 aliphatic carbocycles. The molecule has 2 aliphatic heterocycles. The van der Waals surface area contributed by atoms with Gasteiger partial charge in [0.25, 0.3) is 0 Å². The molecule has 5 heteroatoms. The summed E-state index contributed by atoms with van der Waals surface area (Å²) in [6.45, 7) is 3.88. The second-order valence-corrected chi connectivity index (χ2v) is 7.40. The first-order chi connectivity index (χ1) is 9.34. The SMILES string of the molecule is O=C([C@H]1CCCN1Cc1cccs1)N1CCSCC1. The fourth-order valence-electron chi connectivity index (χ4n) is 2.89. The highest BCUT2D eigenvalue weighted by molar-refractivity contribution is 7.99. The summed E-state index contributed by atoms with van der Waals surface area (Å²) in [5, 5.41) is 2.12. The number of thiophene rings is 1. The maximum absolute atomic E-state index is 12.6. The van der Waals surface area contributed by atoms with Crippen molar-refractivity contribution in [1.82, 2.24) is 9.80 Å². The average molecular weight is 296 g/mol. The number of amides is 1. The van der Waals surface area contributed by atoms with Gasteiger partial charge in [-0.1, -0.05) is 6.07 Å². The fraction of sp³-hybridized carbons (Fsp3) is 0.643. The van der Waals surface area contributed by atoms with E-state index in [9.17, 15) is 4.79 Å². The molecular weight excluding hydrogens is 276 g/mol.